The molecule has 5 nitrogen and oxygen atoms in total. The second-order valence-electron chi connectivity index (χ2n) is 4.98. The van der Waals surface area contributed by atoms with Crippen LogP contribution in [0.15, 0.2) is 55.4 Å². The lowest BCUT2D eigenvalue weighted by Gasteiger charge is -2.14. The van der Waals surface area contributed by atoms with Crippen LogP contribution in [0.5, 0.6) is 5.75 Å². The number of nitrogens with zero attached hydrogens (tertiary/aromatic N) is 2. The zero-order valence-electron chi connectivity index (χ0n) is 12.0. The summed E-state index contributed by atoms with van der Waals surface area (Å²) in [5.74, 6) is 0.799. The number of hydrogen-bond donors (Lipinski definition) is 2. The minimum absolute atomic E-state index is 0.799. The minimum atomic E-state index is 0.799. The Morgan fingerprint density at radius 1 is 0.909 bits per heavy atom. The van der Waals surface area contributed by atoms with Crippen molar-refractivity contribution in [2.24, 2.45) is 0 Å². The van der Waals surface area contributed by atoms with Crippen LogP contribution in [-0.4, -0.2) is 27.0 Å². The van der Waals surface area contributed by atoms with Crippen molar-refractivity contribution in [2.45, 2.75) is 0 Å². The maximum Gasteiger partial charge on any atom is 0.129 e. The van der Waals surface area contributed by atoms with Gasteiger partial charge in [-0.05, 0) is 16.8 Å². The molecular weight excluding hydrogens is 276 g/mol. The van der Waals surface area contributed by atoms with Gasteiger partial charge in [-0.25, -0.2) is 9.97 Å². The summed E-state index contributed by atoms with van der Waals surface area (Å²) in [5, 5.41) is 2.24. The van der Waals surface area contributed by atoms with Crippen molar-refractivity contribution in [3.63, 3.8) is 0 Å². The maximum atomic E-state index is 5.63. The molecule has 0 amide bonds. The zero-order chi connectivity index (χ0) is 14.9. The summed E-state index contributed by atoms with van der Waals surface area (Å²) in [5.41, 5.74) is 3.97. The highest BCUT2D eigenvalue weighted by Crippen LogP contribution is 2.41. The normalized spacial score (nSPS) is 11.0. The number of rotatable bonds is 3. The summed E-state index contributed by atoms with van der Waals surface area (Å²) in [6.07, 6.45) is 6.98. The van der Waals surface area contributed by atoms with Crippen LogP contribution in [0.1, 0.15) is 0 Å². The summed E-state index contributed by atoms with van der Waals surface area (Å²) < 4.78 is 5.63. The van der Waals surface area contributed by atoms with E-state index in [1.54, 1.807) is 26.0 Å². The van der Waals surface area contributed by atoms with Gasteiger partial charge in [0.2, 0.25) is 0 Å². The van der Waals surface area contributed by atoms with Gasteiger partial charge in [-0.1, -0.05) is 24.3 Å². The Labute approximate surface area is 127 Å². The lowest BCUT2D eigenvalue weighted by atomic mass is 9.95. The second kappa shape index (κ2) is 5.04. The van der Waals surface area contributed by atoms with Gasteiger partial charge in [0.15, 0.2) is 0 Å². The number of ether oxygens (including phenoxy) is 1. The molecule has 0 unspecified atom stereocenters. The molecule has 4 aromatic rings. The fraction of sp³-hybridized carbons (Fsp3) is 0.0588. The SMILES string of the molecule is COc1cc(-c2cnc[nH]2)c2ccccc2c1-c1cnc[nH]1. The van der Waals surface area contributed by atoms with Crippen LogP contribution in [0.4, 0.5) is 0 Å². The molecule has 0 aliphatic rings. The third-order valence-corrected chi connectivity index (χ3v) is 3.78. The molecule has 2 aromatic carbocycles. The molecule has 0 fully saturated rings. The van der Waals surface area contributed by atoms with Gasteiger partial charge < -0.3 is 14.7 Å². The minimum Gasteiger partial charge on any atom is -0.496 e. The quantitative estimate of drug-likeness (QED) is 0.605. The molecule has 108 valence electrons. The Hall–Kier alpha value is -3.08. The van der Waals surface area contributed by atoms with E-state index in [4.69, 9.17) is 4.74 Å². The van der Waals surface area contributed by atoms with E-state index >= 15 is 0 Å². The van der Waals surface area contributed by atoms with Gasteiger partial charge in [-0.15, -0.1) is 0 Å². The lowest BCUT2D eigenvalue weighted by Crippen LogP contribution is -1.93. The van der Waals surface area contributed by atoms with Gasteiger partial charge in [0.05, 0.1) is 43.5 Å². The summed E-state index contributed by atoms with van der Waals surface area (Å²) in [6.45, 7) is 0. The number of methoxy groups -OCH3 is 1. The average molecular weight is 290 g/mol. The molecule has 0 aliphatic carbocycles. The lowest BCUT2D eigenvalue weighted by molar-refractivity contribution is 0.417. The molecule has 0 saturated carbocycles. The topological polar surface area (TPSA) is 66.6 Å². The van der Waals surface area contributed by atoms with Crippen LogP contribution in [0.3, 0.4) is 0 Å². The first-order valence-corrected chi connectivity index (χ1v) is 6.95. The van der Waals surface area contributed by atoms with Gasteiger partial charge >= 0.3 is 0 Å². The monoisotopic (exact) mass is 290 g/mol. The molecular formula is C17H14N4O. The Morgan fingerprint density at radius 2 is 1.59 bits per heavy atom. The zero-order valence-corrected chi connectivity index (χ0v) is 12.0. The molecule has 0 saturated heterocycles. The Bertz CT molecular complexity index is 911. The van der Waals surface area contributed by atoms with Gasteiger partial charge in [0.1, 0.15) is 5.75 Å². The van der Waals surface area contributed by atoms with E-state index in [2.05, 4.69) is 32.1 Å². The molecule has 2 N–H and O–H groups in total. The van der Waals surface area contributed by atoms with Crippen LogP contribution in [0.25, 0.3) is 33.3 Å². The molecule has 22 heavy (non-hydrogen) atoms. The molecule has 0 aliphatic heterocycles. The first-order valence-electron chi connectivity index (χ1n) is 6.95. The van der Waals surface area contributed by atoms with E-state index in [0.717, 1.165) is 39.0 Å². The molecule has 5 heteroatoms. The van der Waals surface area contributed by atoms with Crippen LogP contribution in [-0.2, 0) is 0 Å². The van der Waals surface area contributed by atoms with Gasteiger partial charge in [0.25, 0.3) is 0 Å². The van der Waals surface area contributed by atoms with Crippen molar-refractivity contribution in [3.8, 4) is 28.3 Å². The highest BCUT2D eigenvalue weighted by Gasteiger charge is 2.16. The van der Waals surface area contributed by atoms with E-state index in [1.807, 2.05) is 24.4 Å². The van der Waals surface area contributed by atoms with Gasteiger partial charge in [-0.2, -0.15) is 0 Å². The van der Waals surface area contributed by atoms with E-state index in [1.165, 1.54) is 0 Å². The number of imidazole rings is 2. The van der Waals surface area contributed by atoms with Crippen molar-refractivity contribution in [1.82, 2.24) is 19.9 Å². The van der Waals surface area contributed by atoms with E-state index < -0.39 is 0 Å². The van der Waals surface area contributed by atoms with Crippen molar-refractivity contribution in [2.75, 3.05) is 7.11 Å². The summed E-state index contributed by atoms with van der Waals surface area (Å²) >= 11 is 0. The second-order valence-corrected chi connectivity index (χ2v) is 4.98. The number of fused-ring (bicyclic) bond motifs is 1. The molecule has 2 heterocycles. The third-order valence-electron chi connectivity index (χ3n) is 3.78. The summed E-state index contributed by atoms with van der Waals surface area (Å²) in [6, 6.07) is 10.3. The molecule has 4 rings (SSSR count). The van der Waals surface area contributed by atoms with Crippen molar-refractivity contribution in [1.29, 1.82) is 0 Å². The van der Waals surface area contributed by atoms with Crippen molar-refractivity contribution < 1.29 is 4.74 Å². The molecule has 0 radical (unpaired) electrons. The predicted octanol–water partition coefficient (Wildman–Crippen LogP) is 3.63. The van der Waals surface area contributed by atoms with Crippen LogP contribution < -0.4 is 4.74 Å². The number of aromatic nitrogens is 4. The summed E-state index contributed by atoms with van der Waals surface area (Å²) in [4.78, 5) is 14.6. The van der Waals surface area contributed by atoms with Crippen LogP contribution >= 0.6 is 0 Å². The van der Waals surface area contributed by atoms with E-state index in [0.29, 0.717) is 0 Å². The number of hydrogen-bond acceptors (Lipinski definition) is 3. The van der Waals surface area contributed by atoms with E-state index in [9.17, 15) is 0 Å². The highest BCUT2D eigenvalue weighted by molar-refractivity contribution is 6.06. The Balaban J connectivity index is 2.12. The molecule has 0 atom stereocenters. The van der Waals surface area contributed by atoms with Crippen LogP contribution in [0.2, 0.25) is 0 Å². The van der Waals surface area contributed by atoms with E-state index in [-0.39, 0.29) is 0 Å². The van der Waals surface area contributed by atoms with Gasteiger partial charge in [-0.3, -0.25) is 0 Å². The maximum absolute atomic E-state index is 5.63. The predicted molar refractivity (Wildman–Crippen MR) is 85.7 cm³/mol. The smallest absolute Gasteiger partial charge is 0.129 e. The Morgan fingerprint density at radius 3 is 2.23 bits per heavy atom. The fourth-order valence-electron chi connectivity index (χ4n) is 2.81. The first kappa shape index (κ1) is 12.6. The van der Waals surface area contributed by atoms with Gasteiger partial charge in [0, 0.05) is 11.1 Å². The Kier molecular flexibility index (Phi) is 2.89. The number of nitrogens with one attached hydrogen (secondary N) is 2. The number of H-pyrrole nitrogens is 2. The first-order chi connectivity index (χ1) is 10.9. The molecule has 0 spiro atoms. The van der Waals surface area contributed by atoms with Crippen molar-refractivity contribution in [3.05, 3.63) is 55.4 Å². The van der Waals surface area contributed by atoms with Crippen molar-refractivity contribution >= 4 is 10.8 Å². The summed E-state index contributed by atoms with van der Waals surface area (Å²) in [7, 11) is 1.68. The largest absolute Gasteiger partial charge is 0.496 e. The number of aromatic amines is 2. The number of benzene rings is 2. The molecule has 0 bridgehead atoms. The van der Waals surface area contributed by atoms with Crippen LogP contribution in [0, 0.1) is 0 Å². The third kappa shape index (κ3) is 1.87. The fourth-order valence-corrected chi connectivity index (χ4v) is 2.81. The molecule has 2 aromatic heterocycles. The highest BCUT2D eigenvalue weighted by atomic mass is 16.5. The standard InChI is InChI=1S/C17H14N4O/c1-22-16-6-13(14-7-18-9-20-14)11-4-2-3-5-12(11)17(16)15-8-19-10-21-15/h2-10H,1H3,(H,18,20)(H,19,21). The average Bonchev–Trinajstić information content (AvgIpc) is 3.26.